The van der Waals surface area contributed by atoms with Gasteiger partial charge in [0.05, 0.1) is 10.5 Å². The summed E-state index contributed by atoms with van der Waals surface area (Å²) in [6, 6.07) is 7.99. The van der Waals surface area contributed by atoms with Gasteiger partial charge in [0.15, 0.2) is 0 Å². The Labute approximate surface area is 136 Å². The molecule has 1 amide bonds. The highest BCUT2D eigenvalue weighted by Gasteiger charge is 2.33. The summed E-state index contributed by atoms with van der Waals surface area (Å²) in [6.45, 7) is 0. The highest BCUT2D eigenvalue weighted by Crippen LogP contribution is 2.36. The second-order valence-electron chi connectivity index (χ2n) is 4.45. The Kier molecular flexibility index (Phi) is 4.69. The molecule has 0 saturated carbocycles. The molecule has 0 aliphatic heterocycles. The number of carbonyl (C=O) groups excluding carboxylic acids is 1. The first-order valence-electron chi connectivity index (χ1n) is 6.11. The minimum absolute atomic E-state index is 0.0381. The van der Waals surface area contributed by atoms with Crippen LogP contribution in [0.5, 0.6) is 0 Å². The molecule has 120 valence electrons. The normalized spacial score (nSPS) is 11.1. The molecule has 0 saturated heterocycles. The molecular weight excluding hydrogens is 381 g/mol. The molecule has 2 aromatic carbocycles. The number of alkyl halides is 3. The fourth-order valence-electron chi connectivity index (χ4n) is 1.76. The minimum Gasteiger partial charge on any atom is -0.322 e. The van der Waals surface area contributed by atoms with Gasteiger partial charge in [0, 0.05) is 27.9 Å². The Morgan fingerprint density at radius 2 is 1.74 bits per heavy atom. The maximum Gasteiger partial charge on any atom is 0.417 e. The lowest BCUT2D eigenvalue weighted by molar-refractivity contribution is -0.384. The molecule has 0 unspecified atom stereocenters. The van der Waals surface area contributed by atoms with Crippen LogP contribution in [0, 0.1) is 10.1 Å². The van der Waals surface area contributed by atoms with Crippen molar-refractivity contribution < 1.29 is 22.9 Å². The Morgan fingerprint density at radius 1 is 1.13 bits per heavy atom. The fourth-order valence-corrected chi connectivity index (χ4v) is 2.23. The predicted octanol–water partition coefficient (Wildman–Crippen LogP) is 4.63. The maximum absolute atomic E-state index is 12.8. The number of rotatable bonds is 3. The van der Waals surface area contributed by atoms with Crippen molar-refractivity contribution in [2.75, 3.05) is 5.32 Å². The molecule has 0 heterocycles. The number of halogens is 4. The molecule has 2 rings (SSSR count). The van der Waals surface area contributed by atoms with Crippen LogP contribution in [0.15, 0.2) is 46.9 Å². The average molecular weight is 389 g/mol. The zero-order chi connectivity index (χ0) is 17.2. The zero-order valence-corrected chi connectivity index (χ0v) is 12.8. The molecule has 0 atom stereocenters. The van der Waals surface area contributed by atoms with Crippen molar-refractivity contribution >= 4 is 33.2 Å². The summed E-state index contributed by atoms with van der Waals surface area (Å²) in [5.41, 5.74) is -1.06. The van der Waals surface area contributed by atoms with Crippen molar-refractivity contribution in [3.63, 3.8) is 0 Å². The van der Waals surface area contributed by atoms with Gasteiger partial charge in [0.2, 0.25) is 0 Å². The molecule has 9 heteroatoms. The zero-order valence-electron chi connectivity index (χ0n) is 11.2. The summed E-state index contributed by atoms with van der Waals surface area (Å²) in [6.07, 6.45) is -4.56. The summed E-state index contributed by atoms with van der Waals surface area (Å²) in [5, 5.41) is 12.8. The number of carbonyl (C=O) groups is 1. The van der Waals surface area contributed by atoms with Crippen molar-refractivity contribution in [1.29, 1.82) is 0 Å². The van der Waals surface area contributed by atoms with E-state index in [0.717, 1.165) is 18.2 Å². The lowest BCUT2D eigenvalue weighted by Crippen LogP contribution is -2.13. The number of nitrogens with one attached hydrogen (secondary N) is 1. The highest BCUT2D eigenvalue weighted by molar-refractivity contribution is 9.10. The van der Waals surface area contributed by atoms with E-state index in [2.05, 4.69) is 21.2 Å². The van der Waals surface area contributed by atoms with Crippen LogP contribution < -0.4 is 5.32 Å². The van der Waals surface area contributed by atoms with Gasteiger partial charge in [0.1, 0.15) is 0 Å². The summed E-state index contributed by atoms with van der Waals surface area (Å²) in [7, 11) is 0. The molecule has 0 aliphatic rings. The van der Waals surface area contributed by atoms with Gasteiger partial charge in [-0.15, -0.1) is 0 Å². The Balaban J connectivity index is 2.22. The lowest BCUT2D eigenvalue weighted by atomic mass is 10.1. The fraction of sp³-hybridized carbons (Fsp3) is 0.0714. The number of benzene rings is 2. The quantitative estimate of drug-likeness (QED) is 0.615. The number of non-ortho nitro benzene ring substituents is 1. The summed E-state index contributed by atoms with van der Waals surface area (Å²) >= 11 is 2.80. The van der Waals surface area contributed by atoms with Crippen molar-refractivity contribution in [2.24, 2.45) is 0 Å². The van der Waals surface area contributed by atoms with E-state index in [9.17, 15) is 28.1 Å². The maximum atomic E-state index is 12.8. The van der Waals surface area contributed by atoms with E-state index in [-0.39, 0.29) is 21.4 Å². The molecule has 0 spiro atoms. The standard InChI is InChI=1S/C14H8BrF3N2O3/c15-12-6-3-9(7-11(12)14(16,17)18)19-13(21)8-1-4-10(5-2-8)20(22)23/h1-7H,(H,19,21). The third-order valence-electron chi connectivity index (χ3n) is 2.87. The predicted molar refractivity (Wildman–Crippen MR) is 80.2 cm³/mol. The number of nitrogens with zero attached hydrogens (tertiary/aromatic N) is 1. The molecule has 0 aliphatic carbocycles. The SMILES string of the molecule is O=C(Nc1ccc(Br)c(C(F)(F)F)c1)c1ccc([N+](=O)[O-])cc1. The van der Waals surface area contributed by atoms with E-state index in [0.29, 0.717) is 0 Å². The second kappa shape index (κ2) is 6.37. The van der Waals surface area contributed by atoms with Crippen molar-refractivity contribution in [3.05, 3.63) is 68.2 Å². The van der Waals surface area contributed by atoms with Crippen molar-refractivity contribution in [2.45, 2.75) is 6.18 Å². The van der Waals surface area contributed by atoms with Crippen LogP contribution in [0.2, 0.25) is 0 Å². The van der Waals surface area contributed by atoms with Crippen LogP contribution in [-0.4, -0.2) is 10.8 Å². The van der Waals surface area contributed by atoms with Crippen LogP contribution >= 0.6 is 15.9 Å². The minimum atomic E-state index is -4.56. The van der Waals surface area contributed by atoms with Gasteiger partial charge in [-0.3, -0.25) is 14.9 Å². The van der Waals surface area contributed by atoms with E-state index in [4.69, 9.17) is 0 Å². The molecule has 23 heavy (non-hydrogen) atoms. The topological polar surface area (TPSA) is 72.2 Å². The van der Waals surface area contributed by atoms with Crippen LogP contribution in [0.3, 0.4) is 0 Å². The summed E-state index contributed by atoms with van der Waals surface area (Å²) < 4.78 is 38.3. The molecule has 0 radical (unpaired) electrons. The molecular formula is C14H8BrF3N2O3. The Hall–Kier alpha value is -2.42. The molecule has 1 N–H and O–H groups in total. The third kappa shape index (κ3) is 4.07. The first-order chi connectivity index (χ1) is 10.7. The van der Waals surface area contributed by atoms with Gasteiger partial charge in [-0.1, -0.05) is 15.9 Å². The molecule has 2 aromatic rings. The number of amides is 1. The smallest absolute Gasteiger partial charge is 0.322 e. The van der Waals surface area contributed by atoms with E-state index in [1.165, 1.54) is 24.3 Å². The number of anilines is 1. The van der Waals surface area contributed by atoms with Gasteiger partial charge < -0.3 is 5.32 Å². The lowest BCUT2D eigenvalue weighted by Gasteiger charge is -2.12. The van der Waals surface area contributed by atoms with Gasteiger partial charge in [0.25, 0.3) is 11.6 Å². The first kappa shape index (κ1) is 16.9. The second-order valence-corrected chi connectivity index (χ2v) is 5.30. The van der Waals surface area contributed by atoms with Crippen LogP contribution in [0.4, 0.5) is 24.5 Å². The van der Waals surface area contributed by atoms with E-state index < -0.39 is 22.6 Å². The van der Waals surface area contributed by atoms with Gasteiger partial charge in [-0.2, -0.15) is 13.2 Å². The van der Waals surface area contributed by atoms with Gasteiger partial charge >= 0.3 is 6.18 Å². The van der Waals surface area contributed by atoms with Crippen molar-refractivity contribution in [1.82, 2.24) is 0 Å². The number of nitro groups is 1. The largest absolute Gasteiger partial charge is 0.417 e. The number of nitro benzene ring substituents is 1. The van der Waals surface area contributed by atoms with Crippen LogP contribution in [0.25, 0.3) is 0 Å². The summed E-state index contributed by atoms with van der Waals surface area (Å²) in [5.74, 6) is -0.671. The van der Waals surface area contributed by atoms with Crippen LogP contribution in [0.1, 0.15) is 15.9 Å². The summed E-state index contributed by atoms with van der Waals surface area (Å²) in [4.78, 5) is 21.9. The van der Waals surface area contributed by atoms with E-state index >= 15 is 0 Å². The first-order valence-corrected chi connectivity index (χ1v) is 6.90. The number of hydrogen-bond acceptors (Lipinski definition) is 3. The third-order valence-corrected chi connectivity index (χ3v) is 3.56. The van der Waals surface area contributed by atoms with E-state index in [1.54, 1.807) is 0 Å². The molecule has 0 fully saturated rings. The average Bonchev–Trinajstić information content (AvgIpc) is 2.48. The molecule has 0 bridgehead atoms. The van der Waals surface area contributed by atoms with Gasteiger partial charge in [-0.25, -0.2) is 0 Å². The Bertz CT molecular complexity index is 761. The van der Waals surface area contributed by atoms with Crippen molar-refractivity contribution in [3.8, 4) is 0 Å². The Morgan fingerprint density at radius 3 is 2.26 bits per heavy atom. The molecule has 0 aromatic heterocycles. The number of hydrogen-bond donors (Lipinski definition) is 1. The van der Waals surface area contributed by atoms with Crippen LogP contribution in [-0.2, 0) is 6.18 Å². The van der Waals surface area contributed by atoms with Gasteiger partial charge in [-0.05, 0) is 30.3 Å². The molecule has 5 nitrogen and oxygen atoms in total. The highest BCUT2D eigenvalue weighted by atomic mass is 79.9. The van der Waals surface area contributed by atoms with E-state index in [1.807, 2.05) is 0 Å². The monoisotopic (exact) mass is 388 g/mol.